The topological polar surface area (TPSA) is 137 Å². The number of phenols is 3. The lowest BCUT2D eigenvalue weighted by Crippen LogP contribution is -2.18. The van der Waals surface area contributed by atoms with Crippen LogP contribution in [0, 0.1) is 0 Å². The van der Waals surface area contributed by atoms with Gasteiger partial charge in [0.15, 0.2) is 23.0 Å². The number of aryl methyl sites for hydroxylation is 3. The molecule has 0 fully saturated rings. The summed E-state index contributed by atoms with van der Waals surface area (Å²) < 4.78 is 10.4. The van der Waals surface area contributed by atoms with E-state index >= 15 is 0 Å². The van der Waals surface area contributed by atoms with E-state index in [-0.39, 0.29) is 60.6 Å². The van der Waals surface area contributed by atoms with E-state index in [0.717, 1.165) is 23.1 Å². The number of carbonyl (C=O) groups excluding carboxylic acids is 1. The summed E-state index contributed by atoms with van der Waals surface area (Å²) in [5.41, 5.74) is 3.85. The average molecular weight is 553 g/mol. The fourth-order valence-electron chi connectivity index (χ4n) is 5.01. The molecule has 216 valence electrons. The molecule has 0 amide bonds. The summed E-state index contributed by atoms with van der Waals surface area (Å²) >= 11 is 0. The minimum atomic E-state index is -0.904. The first-order chi connectivity index (χ1) is 19.2. The Bertz CT molecular complexity index is 1260. The molecule has 3 aromatic rings. The molecule has 40 heavy (non-hydrogen) atoms. The van der Waals surface area contributed by atoms with E-state index in [9.17, 15) is 30.3 Å². The van der Waals surface area contributed by atoms with Crippen molar-refractivity contribution < 1.29 is 39.8 Å². The maximum absolute atomic E-state index is 12.7. The predicted octanol–water partition coefficient (Wildman–Crippen LogP) is 4.80. The monoisotopic (exact) mass is 552 g/mol. The molecule has 5 N–H and O–H groups in total. The standard InChI is InChI=1S/C32H40O8/c1-39-30-16-21(10-14-28(30)36)9-13-26(34)20-27(35)17-24(25-18-29(37)32(38)31(19-25)40-2)12-11-23-7-4-3-6-22(23)8-5-15-33/h3-4,6-7,10,14,16,18-19,24,27,33,35-38H,5,8-9,11-13,15,17,20H2,1-2H3. The van der Waals surface area contributed by atoms with Crippen LogP contribution in [0.3, 0.4) is 0 Å². The maximum atomic E-state index is 12.7. The van der Waals surface area contributed by atoms with Gasteiger partial charge < -0.3 is 35.0 Å². The van der Waals surface area contributed by atoms with Crippen LogP contribution in [0.2, 0.25) is 0 Å². The number of hydrogen-bond acceptors (Lipinski definition) is 8. The molecule has 0 heterocycles. The first-order valence-corrected chi connectivity index (χ1v) is 13.6. The number of aliphatic hydroxyl groups excluding tert-OH is 2. The Morgan fingerprint density at radius 1 is 0.850 bits per heavy atom. The van der Waals surface area contributed by atoms with Crippen molar-refractivity contribution in [2.24, 2.45) is 0 Å². The Morgan fingerprint density at radius 3 is 2.23 bits per heavy atom. The SMILES string of the molecule is COc1cc(CCC(=O)CC(O)CC(CCc2ccccc2CCCO)c2cc(O)c(O)c(OC)c2)ccc1O. The van der Waals surface area contributed by atoms with Gasteiger partial charge in [-0.2, -0.15) is 0 Å². The summed E-state index contributed by atoms with van der Waals surface area (Å²) in [5, 5.41) is 50.4. The van der Waals surface area contributed by atoms with Crippen LogP contribution in [0.1, 0.15) is 60.3 Å². The lowest BCUT2D eigenvalue weighted by Gasteiger charge is -2.22. The summed E-state index contributed by atoms with van der Waals surface area (Å²) in [6.45, 7) is 0.115. The maximum Gasteiger partial charge on any atom is 0.200 e. The van der Waals surface area contributed by atoms with E-state index < -0.39 is 6.10 Å². The second-order valence-corrected chi connectivity index (χ2v) is 10.1. The summed E-state index contributed by atoms with van der Waals surface area (Å²) in [7, 11) is 2.87. The van der Waals surface area contributed by atoms with Gasteiger partial charge in [0, 0.05) is 19.4 Å². The quantitative estimate of drug-likeness (QED) is 0.160. The van der Waals surface area contributed by atoms with Crippen LogP contribution in [0.25, 0.3) is 0 Å². The summed E-state index contributed by atoms with van der Waals surface area (Å²) in [4.78, 5) is 12.7. The number of ketones is 1. The molecule has 0 saturated heterocycles. The van der Waals surface area contributed by atoms with E-state index in [1.54, 1.807) is 18.2 Å². The first-order valence-electron chi connectivity index (χ1n) is 13.6. The van der Waals surface area contributed by atoms with Gasteiger partial charge in [-0.1, -0.05) is 30.3 Å². The van der Waals surface area contributed by atoms with Crippen molar-refractivity contribution in [1.82, 2.24) is 0 Å². The molecule has 0 radical (unpaired) electrons. The average Bonchev–Trinajstić information content (AvgIpc) is 2.95. The van der Waals surface area contributed by atoms with E-state index in [0.29, 0.717) is 37.0 Å². The number of phenolic OH excluding ortho intramolecular Hbond substituents is 3. The lowest BCUT2D eigenvalue weighted by atomic mass is 9.85. The van der Waals surface area contributed by atoms with Gasteiger partial charge in [-0.05, 0) is 91.0 Å². The molecule has 0 aliphatic rings. The second-order valence-electron chi connectivity index (χ2n) is 10.1. The molecule has 0 saturated carbocycles. The van der Waals surface area contributed by atoms with Crippen molar-refractivity contribution in [3.63, 3.8) is 0 Å². The van der Waals surface area contributed by atoms with Crippen LogP contribution < -0.4 is 9.47 Å². The van der Waals surface area contributed by atoms with Crippen molar-refractivity contribution >= 4 is 5.78 Å². The van der Waals surface area contributed by atoms with Gasteiger partial charge in [0.2, 0.25) is 5.75 Å². The van der Waals surface area contributed by atoms with E-state index in [1.807, 2.05) is 18.2 Å². The molecule has 2 unspecified atom stereocenters. The normalized spacial score (nSPS) is 12.6. The molecule has 3 rings (SSSR count). The minimum Gasteiger partial charge on any atom is -0.504 e. The van der Waals surface area contributed by atoms with E-state index in [2.05, 4.69) is 6.07 Å². The molecule has 8 heteroatoms. The summed E-state index contributed by atoms with van der Waals surface area (Å²) in [6.07, 6.45) is 2.81. The Hall–Kier alpha value is -3.75. The third-order valence-electron chi connectivity index (χ3n) is 7.21. The highest BCUT2D eigenvalue weighted by Gasteiger charge is 2.22. The van der Waals surface area contributed by atoms with Crippen LogP contribution in [-0.4, -0.2) is 58.2 Å². The molecule has 0 aliphatic carbocycles. The van der Waals surface area contributed by atoms with Crippen LogP contribution in [0.5, 0.6) is 28.7 Å². The van der Waals surface area contributed by atoms with Gasteiger partial charge in [0.1, 0.15) is 5.78 Å². The van der Waals surface area contributed by atoms with E-state index in [4.69, 9.17) is 9.47 Å². The fraction of sp³-hybridized carbons (Fsp3) is 0.406. The summed E-state index contributed by atoms with van der Waals surface area (Å²) in [6, 6.07) is 16.1. The van der Waals surface area contributed by atoms with Gasteiger partial charge in [0.25, 0.3) is 0 Å². The van der Waals surface area contributed by atoms with Crippen LogP contribution in [-0.2, 0) is 24.1 Å². The molecule has 0 spiro atoms. The fourth-order valence-corrected chi connectivity index (χ4v) is 5.01. The molecular weight excluding hydrogens is 512 g/mol. The molecule has 8 nitrogen and oxygen atoms in total. The Balaban J connectivity index is 1.71. The third kappa shape index (κ3) is 8.63. The highest BCUT2D eigenvalue weighted by atomic mass is 16.5. The number of rotatable bonds is 16. The Labute approximate surface area is 235 Å². The lowest BCUT2D eigenvalue weighted by molar-refractivity contribution is -0.121. The number of aliphatic hydroxyl groups is 2. The van der Waals surface area contributed by atoms with Crippen molar-refractivity contribution in [3.05, 3.63) is 76.9 Å². The smallest absolute Gasteiger partial charge is 0.200 e. The van der Waals surface area contributed by atoms with Crippen molar-refractivity contribution in [2.45, 2.75) is 63.4 Å². The van der Waals surface area contributed by atoms with Gasteiger partial charge >= 0.3 is 0 Å². The number of methoxy groups -OCH3 is 2. The van der Waals surface area contributed by atoms with Gasteiger partial charge in [-0.3, -0.25) is 4.79 Å². The van der Waals surface area contributed by atoms with E-state index in [1.165, 1.54) is 26.4 Å². The molecular formula is C32H40O8. The zero-order chi connectivity index (χ0) is 29.1. The Kier molecular flexibility index (Phi) is 11.7. The summed E-state index contributed by atoms with van der Waals surface area (Å²) in [5.74, 6) is -0.448. The first kappa shape index (κ1) is 30.8. The molecule has 0 aromatic heterocycles. The van der Waals surface area contributed by atoms with Gasteiger partial charge in [0.05, 0.1) is 20.3 Å². The Morgan fingerprint density at radius 2 is 1.55 bits per heavy atom. The zero-order valence-electron chi connectivity index (χ0n) is 23.2. The molecule has 0 aliphatic heterocycles. The van der Waals surface area contributed by atoms with Crippen molar-refractivity contribution in [2.75, 3.05) is 20.8 Å². The predicted molar refractivity (Wildman–Crippen MR) is 152 cm³/mol. The third-order valence-corrected chi connectivity index (χ3v) is 7.21. The number of hydrogen-bond donors (Lipinski definition) is 5. The number of aromatic hydroxyl groups is 3. The molecule has 3 aromatic carbocycles. The number of carbonyl (C=O) groups is 1. The minimum absolute atomic E-state index is 0.0139. The van der Waals surface area contributed by atoms with Gasteiger partial charge in [-0.15, -0.1) is 0 Å². The van der Waals surface area contributed by atoms with Crippen LogP contribution in [0.15, 0.2) is 54.6 Å². The van der Waals surface area contributed by atoms with Crippen LogP contribution >= 0.6 is 0 Å². The number of ether oxygens (including phenoxy) is 2. The molecule has 2 atom stereocenters. The number of Topliss-reactive ketones (excluding diaryl/α,β-unsaturated/α-hetero) is 1. The number of benzene rings is 3. The highest BCUT2D eigenvalue weighted by molar-refractivity contribution is 5.79. The molecule has 0 bridgehead atoms. The largest absolute Gasteiger partial charge is 0.504 e. The second kappa shape index (κ2) is 15.1. The van der Waals surface area contributed by atoms with Crippen molar-refractivity contribution in [3.8, 4) is 28.7 Å². The van der Waals surface area contributed by atoms with Gasteiger partial charge in [-0.25, -0.2) is 0 Å². The highest BCUT2D eigenvalue weighted by Crippen LogP contribution is 2.40. The zero-order valence-corrected chi connectivity index (χ0v) is 23.2. The van der Waals surface area contributed by atoms with Crippen LogP contribution in [0.4, 0.5) is 0 Å². The van der Waals surface area contributed by atoms with Crippen molar-refractivity contribution in [1.29, 1.82) is 0 Å².